The van der Waals surface area contributed by atoms with Gasteiger partial charge in [-0.05, 0) is 0 Å². The molecule has 0 heterocycles. The second-order valence-electron chi connectivity index (χ2n) is 5.01. The minimum absolute atomic E-state index is 1.30. The Morgan fingerprint density at radius 1 is 0.625 bits per heavy atom. The van der Waals surface area contributed by atoms with Crippen LogP contribution in [0.1, 0.15) is 0 Å². The maximum absolute atomic E-state index is 13.7. The second kappa shape index (κ2) is 8.14. The fourth-order valence-corrected chi connectivity index (χ4v) is 1.60. The van der Waals surface area contributed by atoms with Crippen LogP contribution in [0.2, 0.25) is 0 Å². The van der Waals surface area contributed by atoms with Crippen LogP contribution in [0.15, 0.2) is 0 Å². The molecule has 0 spiro atoms. The first-order valence-electron chi connectivity index (χ1n) is 6.25. The lowest BCUT2D eigenvalue weighted by Gasteiger charge is -2.40. The molecule has 0 aromatic carbocycles. The van der Waals surface area contributed by atoms with Crippen molar-refractivity contribution in [1.82, 2.24) is 0 Å². The van der Waals surface area contributed by atoms with Crippen molar-refractivity contribution in [2.24, 2.45) is 0 Å². The standard InChI is InChI=1S/C9HF17O5S/c10-1(11)3(14,15)4(16,2(12)13)30-7(21,22)5(17,6(18,19)20)31-8(23,24)9(25,26)32(27,28)29/h(H,27,28,29). The lowest BCUT2D eigenvalue weighted by molar-refractivity contribution is -0.535. The third kappa shape index (κ3) is 4.78. The van der Waals surface area contributed by atoms with Crippen LogP contribution < -0.4 is 0 Å². The van der Waals surface area contributed by atoms with E-state index in [2.05, 4.69) is 0 Å². The first-order chi connectivity index (χ1) is 13.6. The van der Waals surface area contributed by atoms with Gasteiger partial charge in [0.2, 0.25) is 0 Å². The molecule has 23 heteroatoms. The highest BCUT2D eigenvalue weighted by Gasteiger charge is 2.85. The number of hydrogen-bond donors (Lipinski definition) is 1. The molecule has 0 saturated heterocycles. The van der Waals surface area contributed by atoms with Crippen LogP contribution in [0, 0.1) is 12.9 Å². The Hall–Kier alpha value is -1.36. The van der Waals surface area contributed by atoms with Gasteiger partial charge in [-0.2, -0.15) is 83.1 Å². The summed E-state index contributed by atoms with van der Waals surface area (Å²) < 4.78 is 248. The van der Waals surface area contributed by atoms with Crippen LogP contribution in [0.4, 0.5) is 74.6 Å². The van der Waals surface area contributed by atoms with E-state index in [1.54, 1.807) is 0 Å². The Balaban J connectivity index is 6.81. The summed E-state index contributed by atoms with van der Waals surface area (Å²) in [5.41, 5.74) is 0. The van der Waals surface area contributed by atoms with E-state index in [0.717, 1.165) is 0 Å². The molecule has 0 fully saturated rings. The quantitative estimate of drug-likeness (QED) is 0.307. The highest BCUT2D eigenvalue weighted by molar-refractivity contribution is 7.86. The zero-order valence-electron chi connectivity index (χ0n) is 13.4. The molecule has 0 aliphatic rings. The van der Waals surface area contributed by atoms with Gasteiger partial charge in [0.15, 0.2) is 0 Å². The highest BCUT2D eigenvalue weighted by atomic mass is 32.2. The van der Waals surface area contributed by atoms with E-state index in [-0.39, 0.29) is 0 Å². The van der Waals surface area contributed by atoms with Gasteiger partial charge in [-0.3, -0.25) is 14.0 Å². The molecule has 0 bridgehead atoms. The summed E-state index contributed by atoms with van der Waals surface area (Å²) in [5.74, 6) is -22.9. The van der Waals surface area contributed by atoms with Gasteiger partial charge in [0.25, 0.3) is 0 Å². The Labute approximate surface area is 162 Å². The van der Waals surface area contributed by atoms with Crippen molar-refractivity contribution >= 4 is 10.1 Å². The second-order valence-corrected chi connectivity index (χ2v) is 6.48. The SMILES string of the molecule is O=S(=O)(O)C(F)(F)C(F)(F)OC(F)(C(F)(F)F)C(F)(F)OC(F)([C](F)F)C(F)(F)[C](F)F. The molecule has 0 aliphatic heterocycles. The van der Waals surface area contributed by atoms with Gasteiger partial charge in [0.1, 0.15) is 0 Å². The van der Waals surface area contributed by atoms with Crippen LogP contribution >= 0.6 is 0 Å². The van der Waals surface area contributed by atoms with E-state index in [1.165, 1.54) is 9.47 Å². The third-order valence-corrected chi connectivity index (χ3v) is 3.71. The molecule has 32 heavy (non-hydrogen) atoms. The molecule has 0 saturated carbocycles. The number of hydrogen-bond acceptors (Lipinski definition) is 4. The fraction of sp³-hybridized carbons (Fsp3) is 0.778. The first kappa shape index (κ1) is 30.6. The van der Waals surface area contributed by atoms with Crippen molar-refractivity contribution in [3.63, 3.8) is 0 Å². The zero-order valence-corrected chi connectivity index (χ0v) is 14.2. The summed E-state index contributed by atoms with van der Waals surface area (Å²) in [7, 11) is -7.66. The molecule has 0 aliphatic carbocycles. The lowest BCUT2D eigenvalue weighted by atomic mass is 10.1. The molecule has 0 amide bonds. The summed E-state index contributed by atoms with van der Waals surface area (Å²) in [4.78, 5) is 0. The predicted molar refractivity (Wildman–Crippen MR) is 58.2 cm³/mol. The molecular weight excluding hydrogens is 543 g/mol. The number of rotatable bonds is 10. The molecule has 1 N–H and O–H groups in total. The van der Waals surface area contributed by atoms with E-state index in [9.17, 15) is 83.1 Å². The molecule has 2 unspecified atom stereocenters. The van der Waals surface area contributed by atoms with Crippen molar-refractivity contribution in [3.05, 3.63) is 12.9 Å². The number of ether oxygens (including phenoxy) is 2. The van der Waals surface area contributed by atoms with Crippen molar-refractivity contribution in [3.8, 4) is 0 Å². The molecule has 2 radical (unpaired) electrons. The molecule has 0 rings (SSSR count). The van der Waals surface area contributed by atoms with Crippen molar-refractivity contribution in [2.45, 2.75) is 41.3 Å². The molecular formula is C9HF17O5S. The maximum atomic E-state index is 13.7. The largest absolute Gasteiger partial charge is 0.460 e. The van der Waals surface area contributed by atoms with Crippen LogP contribution in [0.25, 0.3) is 0 Å². The summed E-state index contributed by atoms with van der Waals surface area (Å²) >= 11 is 0. The molecule has 0 aromatic rings. The van der Waals surface area contributed by atoms with Crippen LogP contribution in [-0.2, 0) is 19.6 Å². The Morgan fingerprint density at radius 3 is 1.25 bits per heavy atom. The van der Waals surface area contributed by atoms with Crippen LogP contribution in [-0.4, -0.2) is 54.3 Å². The summed E-state index contributed by atoms with van der Waals surface area (Å²) in [5, 5.41) is -7.45. The van der Waals surface area contributed by atoms with Crippen molar-refractivity contribution in [1.29, 1.82) is 0 Å². The van der Waals surface area contributed by atoms with Gasteiger partial charge in [0, 0.05) is 0 Å². The Kier molecular flexibility index (Phi) is 7.80. The summed E-state index contributed by atoms with van der Waals surface area (Å²) in [6.45, 7) is 0. The van der Waals surface area contributed by atoms with Crippen LogP contribution in [0.3, 0.4) is 0 Å². The predicted octanol–water partition coefficient (Wildman–Crippen LogP) is 5.07. The van der Waals surface area contributed by atoms with Gasteiger partial charge >= 0.3 is 64.2 Å². The smallest absolute Gasteiger partial charge is 0.281 e. The first-order valence-corrected chi connectivity index (χ1v) is 7.69. The third-order valence-electron chi connectivity index (χ3n) is 2.82. The fourth-order valence-electron chi connectivity index (χ4n) is 1.25. The van der Waals surface area contributed by atoms with Gasteiger partial charge in [-0.25, -0.2) is 0 Å². The molecule has 0 aromatic heterocycles. The van der Waals surface area contributed by atoms with E-state index in [0.29, 0.717) is 0 Å². The Bertz CT molecular complexity index is 778. The van der Waals surface area contributed by atoms with Gasteiger partial charge in [-0.15, -0.1) is 0 Å². The van der Waals surface area contributed by atoms with E-state index in [4.69, 9.17) is 4.55 Å². The zero-order chi connectivity index (χ0) is 26.6. The minimum atomic E-state index is -8.15. The topological polar surface area (TPSA) is 72.8 Å². The van der Waals surface area contributed by atoms with Gasteiger partial charge in [-0.1, -0.05) is 0 Å². The normalized spacial score (nSPS) is 19.2. The van der Waals surface area contributed by atoms with E-state index in [1.807, 2.05) is 0 Å². The van der Waals surface area contributed by atoms with Crippen molar-refractivity contribution < 1.29 is 97.1 Å². The lowest BCUT2D eigenvalue weighted by Crippen LogP contribution is -2.67. The van der Waals surface area contributed by atoms with E-state index < -0.39 is 64.2 Å². The van der Waals surface area contributed by atoms with Crippen molar-refractivity contribution in [2.75, 3.05) is 0 Å². The Morgan fingerprint density at radius 2 is 1.00 bits per heavy atom. The van der Waals surface area contributed by atoms with Crippen LogP contribution in [0.5, 0.6) is 0 Å². The van der Waals surface area contributed by atoms with Gasteiger partial charge in [0.05, 0.1) is 0 Å². The number of halogens is 17. The number of alkyl halides is 13. The van der Waals surface area contributed by atoms with E-state index >= 15 is 0 Å². The highest BCUT2D eigenvalue weighted by Crippen LogP contribution is 2.57. The molecule has 192 valence electrons. The minimum Gasteiger partial charge on any atom is -0.281 e. The molecule has 5 nitrogen and oxygen atoms in total. The maximum Gasteiger partial charge on any atom is 0.460 e. The van der Waals surface area contributed by atoms with Gasteiger partial charge < -0.3 is 0 Å². The average Bonchev–Trinajstić information content (AvgIpc) is 2.50. The summed E-state index contributed by atoms with van der Waals surface area (Å²) in [6.07, 6.45) is -33.9. The summed E-state index contributed by atoms with van der Waals surface area (Å²) in [6, 6.07) is 0. The molecule has 2 atom stereocenters. The monoisotopic (exact) mass is 544 g/mol. The average molecular weight is 544 g/mol.